The van der Waals surface area contributed by atoms with E-state index >= 15 is 0 Å². The van der Waals surface area contributed by atoms with Gasteiger partial charge in [0.2, 0.25) is 5.95 Å². The largest absolute Gasteiger partial charge is 0.467 e. The number of esters is 1. The molecule has 0 radical (unpaired) electrons. The number of nitrogens with zero attached hydrogens (tertiary/aromatic N) is 4. The van der Waals surface area contributed by atoms with Gasteiger partial charge in [0.15, 0.2) is 0 Å². The molecular formula is C18H16N4O3. The van der Waals surface area contributed by atoms with E-state index in [9.17, 15) is 4.79 Å². The molecule has 7 nitrogen and oxygen atoms in total. The number of carbonyl (C=O) groups excluding carboxylic acids is 1. The maximum atomic E-state index is 12.8. The van der Waals surface area contributed by atoms with Crippen LogP contribution in [-0.4, -0.2) is 26.4 Å². The number of aliphatic imine (C=N–C) groups is 1. The number of furan rings is 1. The van der Waals surface area contributed by atoms with Crippen LogP contribution in [0.15, 0.2) is 64.5 Å². The van der Waals surface area contributed by atoms with Crippen molar-refractivity contribution in [3.63, 3.8) is 0 Å². The molecule has 25 heavy (non-hydrogen) atoms. The first-order valence-electron chi connectivity index (χ1n) is 7.92. The summed E-state index contributed by atoms with van der Waals surface area (Å²) in [5, 5.41) is 4.21. The second-order valence-corrected chi connectivity index (χ2v) is 5.79. The summed E-state index contributed by atoms with van der Waals surface area (Å²) in [6.07, 6.45) is 2.99. The normalized spacial score (nSPS) is 19.2. The first-order valence-corrected chi connectivity index (χ1v) is 7.92. The monoisotopic (exact) mass is 336 g/mol. The van der Waals surface area contributed by atoms with Crippen molar-refractivity contribution in [1.29, 1.82) is 0 Å². The zero-order chi connectivity index (χ0) is 17.2. The van der Waals surface area contributed by atoms with Gasteiger partial charge in [0.25, 0.3) is 0 Å². The van der Waals surface area contributed by atoms with Crippen molar-refractivity contribution < 1.29 is 13.9 Å². The number of benzene rings is 1. The number of hydrogen-bond donors (Lipinski definition) is 0. The zero-order valence-electron chi connectivity index (χ0n) is 13.6. The standard InChI is InChI=1S/C18H16N4O3/c1-12-15(17(23)25-10-13-6-3-2-4-7-13)16(14-8-5-9-24-14)22-18(21-12)19-11-20-22/h2-9,11,15-16H,10H2,1H3. The van der Waals surface area contributed by atoms with Gasteiger partial charge in [-0.2, -0.15) is 10.1 Å². The zero-order valence-corrected chi connectivity index (χ0v) is 13.6. The molecule has 0 bridgehead atoms. The molecule has 0 saturated heterocycles. The minimum atomic E-state index is -0.621. The van der Waals surface area contributed by atoms with E-state index in [4.69, 9.17) is 9.15 Å². The van der Waals surface area contributed by atoms with Crippen LogP contribution in [0.1, 0.15) is 24.3 Å². The lowest BCUT2D eigenvalue weighted by molar-refractivity contribution is -0.148. The molecule has 3 aromatic rings. The fourth-order valence-corrected chi connectivity index (χ4v) is 2.98. The van der Waals surface area contributed by atoms with Crippen LogP contribution in [0.4, 0.5) is 5.95 Å². The van der Waals surface area contributed by atoms with Gasteiger partial charge in [-0.1, -0.05) is 30.3 Å². The quantitative estimate of drug-likeness (QED) is 0.684. The third kappa shape index (κ3) is 2.84. The molecule has 0 fully saturated rings. The number of rotatable bonds is 4. The molecule has 1 aliphatic heterocycles. The van der Waals surface area contributed by atoms with Crippen LogP contribution < -0.4 is 0 Å². The average Bonchev–Trinajstić information content (AvgIpc) is 3.31. The molecule has 0 aliphatic carbocycles. The number of aromatic nitrogens is 3. The molecule has 1 aromatic carbocycles. The first kappa shape index (κ1) is 15.3. The van der Waals surface area contributed by atoms with Gasteiger partial charge in [-0.25, -0.2) is 9.67 Å². The summed E-state index contributed by atoms with van der Waals surface area (Å²) in [7, 11) is 0. The second kappa shape index (κ2) is 6.35. The molecular weight excluding hydrogens is 320 g/mol. The van der Waals surface area contributed by atoms with Crippen molar-refractivity contribution in [2.45, 2.75) is 19.6 Å². The van der Waals surface area contributed by atoms with Crippen molar-refractivity contribution in [3.05, 3.63) is 66.4 Å². The van der Waals surface area contributed by atoms with E-state index in [0.717, 1.165) is 5.56 Å². The average molecular weight is 336 g/mol. The lowest BCUT2D eigenvalue weighted by Crippen LogP contribution is -2.36. The van der Waals surface area contributed by atoms with Gasteiger partial charge in [0.05, 0.1) is 6.26 Å². The van der Waals surface area contributed by atoms with Crippen LogP contribution in [0, 0.1) is 5.92 Å². The molecule has 0 saturated carbocycles. The smallest absolute Gasteiger partial charge is 0.317 e. The predicted molar refractivity (Wildman–Crippen MR) is 89.4 cm³/mol. The molecule has 3 heterocycles. The number of fused-ring (bicyclic) bond motifs is 1. The summed E-state index contributed by atoms with van der Waals surface area (Å²) >= 11 is 0. The molecule has 2 unspecified atom stereocenters. The number of hydrogen-bond acceptors (Lipinski definition) is 6. The van der Waals surface area contributed by atoms with E-state index in [2.05, 4.69) is 15.1 Å². The van der Waals surface area contributed by atoms with E-state index in [1.54, 1.807) is 23.9 Å². The Labute approximate surface area is 144 Å². The van der Waals surface area contributed by atoms with E-state index in [1.807, 2.05) is 36.4 Å². The minimum Gasteiger partial charge on any atom is -0.467 e. The molecule has 2 atom stereocenters. The second-order valence-electron chi connectivity index (χ2n) is 5.79. The molecule has 0 amide bonds. The van der Waals surface area contributed by atoms with Gasteiger partial charge in [0, 0.05) is 5.71 Å². The molecule has 2 aromatic heterocycles. The van der Waals surface area contributed by atoms with Crippen LogP contribution in [0.3, 0.4) is 0 Å². The van der Waals surface area contributed by atoms with E-state index in [-0.39, 0.29) is 12.6 Å². The topological polar surface area (TPSA) is 82.5 Å². The highest BCUT2D eigenvalue weighted by atomic mass is 16.5. The fraction of sp³-hybridized carbons (Fsp3) is 0.222. The van der Waals surface area contributed by atoms with Crippen LogP contribution in [0.25, 0.3) is 0 Å². The predicted octanol–water partition coefficient (Wildman–Crippen LogP) is 2.93. The van der Waals surface area contributed by atoms with E-state index in [1.165, 1.54) is 6.33 Å². The molecule has 0 N–H and O–H groups in total. The van der Waals surface area contributed by atoms with Crippen LogP contribution >= 0.6 is 0 Å². The Hall–Kier alpha value is -3.22. The van der Waals surface area contributed by atoms with Crippen molar-refractivity contribution in [2.75, 3.05) is 0 Å². The lowest BCUT2D eigenvalue weighted by Gasteiger charge is -2.28. The summed E-state index contributed by atoms with van der Waals surface area (Å²) < 4.78 is 12.7. The summed E-state index contributed by atoms with van der Waals surface area (Å²) in [5.41, 5.74) is 1.55. The maximum absolute atomic E-state index is 12.8. The summed E-state index contributed by atoms with van der Waals surface area (Å²) in [6.45, 7) is 2.00. The van der Waals surface area contributed by atoms with Gasteiger partial charge in [-0.05, 0) is 24.6 Å². The third-order valence-electron chi connectivity index (χ3n) is 4.17. The Balaban J connectivity index is 1.63. The molecule has 0 spiro atoms. The number of ether oxygens (including phenoxy) is 1. The Morgan fingerprint density at radius 2 is 2.08 bits per heavy atom. The van der Waals surface area contributed by atoms with Crippen LogP contribution in [0.5, 0.6) is 0 Å². The maximum Gasteiger partial charge on any atom is 0.317 e. The third-order valence-corrected chi connectivity index (χ3v) is 4.17. The Bertz CT molecular complexity index is 900. The van der Waals surface area contributed by atoms with Crippen molar-refractivity contribution in [2.24, 2.45) is 10.9 Å². The fourth-order valence-electron chi connectivity index (χ4n) is 2.98. The molecule has 4 rings (SSSR count). The van der Waals surface area contributed by atoms with Crippen LogP contribution in [-0.2, 0) is 16.1 Å². The molecule has 7 heteroatoms. The van der Waals surface area contributed by atoms with Crippen molar-refractivity contribution in [3.8, 4) is 0 Å². The Morgan fingerprint density at radius 3 is 2.84 bits per heavy atom. The van der Waals surface area contributed by atoms with Crippen molar-refractivity contribution in [1.82, 2.24) is 14.8 Å². The van der Waals surface area contributed by atoms with Crippen LogP contribution in [0.2, 0.25) is 0 Å². The van der Waals surface area contributed by atoms with E-state index in [0.29, 0.717) is 17.4 Å². The van der Waals surface area contributed by atoms with Gasteiger partial charge in [0.1, 0.15) is 30.7 Å². The highest BCUT2D eigenvalue weighted by Gasteiger charge is 2.41. The highest BCUT2D eigenvalue weighted by molar-refractivity contribution is 6.03. The van der Waals surface area contributed by atoms with Gasteiger partial charge in [-0.3, -0.25) is 4.79 Å². The highest BCUT2D eigenvalue weighted by Crippen LogP contribution is 2.35. The summed E-state index contributed by atoms with van der Waals surface area (Å²) in [6, 6.07) is 12.7. The summed E-state index contributed by atoms with van der Waals surface area (Å²) in [5.74, 6) is 0.0744. The summed E-state index contributed by atoms with van der Waals surface area (Å²) in [4.78, 5) is 21.3. The Kier molecular flexibility index (Phi) is 3.89. The van der Waals surface area contributed by atoms with Gasteiger partial charge in [-0.15, -0.1) is 0 Å². The lowest BCUT2D eigenvalue weighted by atomic mass is 9.92. The number of carbonyl (C=O) groups is 1. The minimum absolute atomic E-state index is 0.207. The first-order chi connectivity index (χ1) is 12.2. The van der Waals surface area contributed by atoms with Gasteiger partial charge < -0.3 is 9.15 Å². The van der Waals surface area contributed by atoms with Gasteiger partial charge >= 0.3 is 5.97 Å². The SMILES string of the molecule is CC1=Nc2ncnn2C(c2ccco2)C1C(=O)OCc1ccccc1. The molecule has 126 valence electrons. The van der Waals surface area contributed by atoms with Crippen molar-refractivity contribution >= 4 is 17.6 Å². The van der Waals surface area contributed by atoms with E-state index < -0.39 is 12.0 Å². The Morgan fingerprint density at radius 1 is 1.24 bits per heavy atom. The molecule has 1 aliphatic rings.